The summed E-state index contributed by atoms with van der Waals surface area (Å²) in [7, 11) is 0. The van der Waals surface area contributed by atoms with Crippen molar-refractivity contribution in [2.45, 2.75) is 6.92 Å². The van der Waals surface area contributed by atoms with Crippen LogP contribution >= 0.6 is 15.9 Å². The van der Waals surface area contributed by atoms with Crippen molar-refractivity contribution < 1.29 is 4.39 Å². The molecule has 0 atom stereocenters. The van der Waals surface area contributed by atoms with E-state index in [9.17, 15) is 9.18 Å². The summed E-state index contributed by atoms with van der Waals surface area (Å²) < 4.78 is 15.9. The molecule has 0 fully saturated rings. The minimum atomic E-state index is -0.364. The van der Waals surface area contributed by atoms with E-state index in [0.717, 1.165) is 21.3 Å². The Morgan fingerprint density at radius 3 is 2.60 bits per heavy atom. The normalized spacial score (nSPS) is 11.2. The minimum absolute atomic E-state index is 0.242. The van der Waals surface area contributed by atoms with E-state index in [0.29, 0.717) is 16.9 Å². The van der Waals surface area contributed by atoms with Crippen LogP contribution < -0.4 is 5.56 Å². The van der Waals surface area contributed by atoms with Crippen molar-refractivity contribution in [1.29, 1.82) is 0 Å². The van der Waals surface area contributed by atoms with E-state index in [1.165, 1.54) is 22.7 Å². The lowest BCUT2D eigenvalue weighted by molar-refractivity contribution is 0.628. The average molecular weight is 398 g/mol. The summed E-state index contributed by atoms with van der Waals surface area (Å²) in [6.45, 7) is 1.90. The van der Waals surface area contributed by atoms with Crippen molar-refractivity contribution in [2.75, 3.05) is 0 Å². The van der Waals surface area contributed by atoms with Crippen molar-refractivity contribution in [3.63, 3.8) is 0 Å². The Morgan fingerprint density at radius 2 is 1.84 bits per heavy atom. The molecule has 25 heavy (non-hydrogen) atoms. The van der Waals surface area contributed by atoms with Crippen molar-refractivity contribution in [1.82, 2.24) is 14.6 Å². The van der Waals surface area contributed by atoms with Gasteiger partial charge >= 0.3 is 0 Å². The molecular formula is C19H13BrFN3O. The van der Waals surface area contributed by atoms with Crippen LogP contribution in [0.4, 0.5) is 4.39 Å². The van der Waals surface area contributed by atoms with E-state index in [-0.39, 0.29) is 11.4 Å². The Labute approximate surface area is 151 Å². The first-order chi connectivity index (χ1) is 12.0. The van der Waals surface area contributed by atoms with Gasteiger partial charge in [-0.15, -0.1) is 0 Å². The molecule has 2 aromatic carbocycles. The summed E-state index contributed by atoms with van der Waals surface area (Å²) in [5.74, 6) is -0.364. The Morgan fingerprint density at radius 1 is 1.08 bits per heavy atom. The molecule has 0 bridgehead atoms. The third-order valence-corrected chi connectivity index (χ3v) is 4.52. The van der Waals surface area contributed by atoms with Crippen LogP contribution in [0.1, 0.15) is 5.69 Å². The van der Waals surface area contributed by atoms with Crippen molar-refractivity contribution >= 4 is 21.6 Å². The van der Waals surface area contributed by atoms with Gasteiger partial charge < -0.3 is 0 Å². The smallest absolute Gasteiger partial charge is 0.273 e. The molecule has 4 aromatic rings. The molecule has 0 aliphatic rings. The predicted molar refractivity (Wildman–Crippen MR) is 99.1 cm³/mol. The number of rotatable bonds is 2. The summed E-state index contributed by atoms with van der Waals surface area (Å²) >= 11 is 3.47. The molecule has 1 N–H and O–H groups in total. The highest BCUT2D eigenvalue weighted by atomic mass is 79.9. The largest absolute Gasteiger partial charge is 0.293 e. The number of benzene rings is 2. The predicted octanol–water partition coefficient (Wildman–Crippen LogP) is 4.57. The van der Waals surface area contributed by atoms with Gasteiger partial charge in [-0.2, -0.15) is 0 Å². The fraction of sp³-hybridized carbons (Fsp3) is 0.0526. The Kier molecular flexibility index (Phi) is 3.77. The highest BCUT2D eigenvalue weighted by Gasteiger charge is 2.15. The Hall–Kier alpha value is -2.73. The highest BCUT2D eigenvalue weighted by molar-refractivity contribution is 9.10. The molecule has 124 valence electrons. The molecule has 4 rings (SSSR count). The zero-order valence-corrected chi connectivity index (χ0v) is 14.8. The molecule has 4 nitrogen and oxygen atoms in total. The van der Waals surface area contributed by atoms with Crippen molar-refractivity contribution in [3.8, 4) is 22.4 Å². The second kappa shape index (κ2) is 5.97. The average Bonchev–Trinajstić information content (AvgIpc) is 2.91. The van der Waals surface area contributed by atoms with E-state index in [2.05, 4.69) is 26.0 Å². The molecule has 0 aliphatic heterocycles. The van der Waals surface area contributed by atoms with Gasteiger partial charge in [0.05, 0.1) is 5.69 Å². The first-order valence-corrected chi connectivity index (χ1v) is 8.46. The van der Waals surface area contributed by atoms with Crippen LogP contribution in [0.2, 0.25) is 0 Å². The molecule has 6 heteroatoms. The standard InChI is InChI=1S/C19H13BrFN3O/c1-11-18(13-5-2-6-14(20)8-13)19-22-16(10-17(25)24(19)23-11)12-4-3-7-15(21)9-12/h2-10,23H,1H3. The molecule has 0 aliphatic carbocycles. The van der Waals surface area contributed by atoms with Gasteiger partial charge in [0.15, 0.2) is 5.65 Å². The van der Waals surface area contributed by atoms with Gasteiger partial charge in [-0.3, -0.25) is 9.89 Å². The lowest BCUT2D eigenvalue weighted by Crippen LogP contribution is -2.14. The number of nitrogens with one attached hydrogen (secondary N) is 1. The third-order valence-electron chi connectivity index (χ3n) is 4.03. The topological polar surface area (TPSA) is 50.2 Å². The fourth-order valence-corrected chi connectivity index (χ4v) is 3.33. The zero-order valence-electron chi connectivity index (χ0n) is 13.3. The van der Waals surface area contributed by atoms with E-state index >= 15 is 0 Å². The molecule has 0 saturated heterocycles. The SMILES string of the molecule is Cc1[nH]n2c(=O)cc(-c3cccc(F)c3)nc2c1-c1cccc(Br)c1. The summed E-state index contributed by atoms with van der Waals surface area (Å²) in [6, 6.07) is 15.3. The lowest BCUT2D eigenvalue weighted by atomic mass is 10.1. The summed E-state index contributed by atoms with van der Waals surface area (Å²) in [5.41, 5.74) is 3.90. The number of nitrogens with zero attached hydrogens (tertiary/aromatic N) is 2. The van der Waals surface area contributed by atoms with Crippen LogP contribution in [0.15, 0.2) is 63.9 Å². The van der Waals surface area contributed by atoms with Crippen LogP contribution in [0.25, 0.3) is 28.0 Å². The van der Waals surface area contributed by atoms with Gasteiger partial charge in [0.2, 0.25) is 0 Å². The van der Waals surface area contributed by atoms with Crippen molar-refractivity contribution in [3.05, 3.63) is 80.9 Å². The Balaban J connectivity index is 2.02. The van der Waals surface area contributed by atoms with Gasteiger partial charge in [0, 0.05) is 27.4 Å². The summed E-state index contributed by atoms with van der Waals surface area (Å²) in [5, 5.41) is 3.06. The number of halogens is 2. The van der Waals surface area contributed by atoms with Crippen LogP contribution in [0.3, 0.4) is 0 Å². The number of aromatic nitrogens is 3. The molecule has 0 radical (unpaired) electrons. The molecule has 0 saturated carbocycles. The van der Waals surface area contributed by atoms with Crippen LogP contribution in [-0.4, -0.2) is 14.6 Å². The fourth-order valence-electron chi connectivity index (χ4n) is 2.93. The maximum atomic E-state index is 13.5. The maximum Gasteiger partial charge on any atom is 0.273 e. The molecule has 0 spiro atoms. The summed E-state index contributed by atoms with van der Waals surface area (Å²) in [6.07, 6.45) is 0. The third kappa shape index (κ3) is 2.78. The molecule has 2 heterocycles. The lowest BCUT2D eigenvalue weighted by Gasteiger charge is -2.04. The number of aryl methyl sites for hydroxylation is 1. The van der Waals surface area contributed by atoms with Gasteiger partial charge in [-0.1, -0.05) is 40.2 Å². The molecular weight excluding hydrogens is 385 g/mol. The number of aromatic amines is 1. The van der Waals surface area contributed by atoms with Crippen LogP contribution in [-0.2, 0) is 0 Å². The monoisotopic (exact) mass is 397 g/mol. The van der Waals surface area contributed by atoms with Crippen molar-refractivity contribution in [2.24, 2.45) is 0 Å². The quantitative estimate of drug-likeness (QED) is 0.538. The second-order valence-electron chi connectivity index (χ2n) is 5.77. The van der Waals surface area contributed by atoms with Gasteiger partial charge in [-0.25, -0.2) is 13.9 Å². The second-order valence-corrected chi connectivity index (χ2v) is 6.69. The van der Waals surface area contributed by atoms with E-state index in [1.54, 1.807) is 12.1 Å². The van der Waals surface area contributed by atoms with E-state index in [4.69, 9.17) is 0 Å². The number of hydrogen-bond donors (Lipinski definition) is 1. The maximum absolute atomic E-state index is 13.5. The minimum Gasteiger partial charge on any atom is -0.293 e. The number of fused-ring (bicyclic) bond motifs is 1. The summed E-state index contributed by atoms with van der Waals surface area (Å²) in [4.78, 5) is 17.1. The van der Waals surface area contributed by atoms with Gasteiger partial charge in [0.1, 0.15) is 5.82 Å². The molecule has 0 amide bonds. The first-order valence-electron chi connectivity index (χ1n) is 7.67. The van der Waals surface area contributed by atoms with E-state index < -0.39 is 0 Å². The molecule has 2 aromatic heterocycles. The number of hydrogen-bond acceptors (Lipinski definition) is 2. The number of H-pyrrole nitrogens is 1. The molecule has 0 unspecified atom stereocenters. The zero-order chi connectivity index (χ0) is 17.6. The van der Waals surface area contributed by atoms with Gasteiger partial charge in [0.25, 0.3) is 5.56 Å². The highest BCUT2D eigenvalue weighted by Crippen LogP contribution is 2.29. The Bertz CT molecular complexity index is 1160. The first kappa shape index (κ1) is 15.8. The van der Waals surface area contributed by atoms with Crippen LogP contribution in [0, 0.1) is 12.7 Å². The van der Waals surface area contributed by atoms with Crippen LogP contribution in [0.5, 0.6) is 0 Å². The van der Waals surface area contributed by atoms with Gasteiger partial charge in [-0.05, 0) is 36.8 Å². The van der Waals surface area contributed by atoms with E-state index in [1.807, 2.05) is 31.2 Å².